The molecule has 3 saturated heterocycles. The fourth-order valence-corrected chi connectivity index (χ4v) is 13.0. The number of hydrogen-bond donors (Lipinski definition) is 0. The lowest BCUT2D eigenvalue weighted by atomic mass is 9.73. The summed E-state index contributed by atoms with van der Waals surface area (Å²) in [5.41, 5.74) is -6.27. The van der Waals surface area contributed by atoms with Crippen LogP contribution in [0.15, 0.2) is 66.0 Å². The van der Waals surface area contributed by atoms with E-state index in [1.165, 1.54) is 34.6 Å². The summed E-state index contributed by atoms with van der Waals surface area (Å²) in [7, 11) is -22.3. The maximum Gasteiger partial charge on any atom is 0.354 e. The number of rotatable bonds is 14. The Labute approximate surface area is 426 Å². The van der Waals surface area contributed by atoms with Gasteiger partial charge in [0.05, 0.1) is 23.6 Å². The molecule has 3 aliphatic heterocycles. The molecular weight excluding hydrogens is 1030 g/mol. The number of hydrogen-bond acceptors (Lipinski definition) is 11. The number of halogens is 10. The standard InChI is InChI=1S/C50H64F10N6O6S2/c1-32(34-21-48(2,3)26-41(42(34)63-8)66-19-13-14-20-66)45(67)70-29-33(30-71-46(68)43(73(51,52,53,54)55)35-22-49(4,5)24-39(37(35)27-61)64-15-9-10-16-64)31-72-47(69)44(74(56,57,58,59)60)36-23-50(6,7)25-40(38(36)28-62)65-17-11-12-18-65/h33H,9-26,29-31H2,1-7H3/b34-32+,43-35-,44-36-. The minimum absolute atomic E-state index is 0.00638. The van der Waals surface area contributed by atoms with Gasteiger partial charge >= 0.3 is 38.4 Å². The van der Waals surface area contributed by atoms with E-state index >= 15 is 38.9 Å². The van der Waals surface area contributed by atoms with Crippen molar-refractivity contribution < 1.29 is 67.5 Å². The van der Waals surface area contributed by atoms with E-state index in [1.807, 2.05) is 18.7 Å². The van der Waals surface area contributed by atoms with E-state index < -0.39 is 125 Å². The quantitative estimate of drug-likeness (QED) is 0.0540. The molecule has 0 unspecified atom stereocenters. The molecule has 0 N–H and O–H groups in total. The summed E-state index contributed by atoms with van der Waals surface area (Å²) < 4.78 is 169. The van der Waals surface area contributed by atoms with E-state index in [2.05, 4.69) is 4.85 Å². The van der Waals surface area contributed by atoms with Gasteiger partial charge in [-0.1, -0.05) is 80.4 Å². The molecule has 0 radical (unpaired) electrons. The third-order valence-corrected chi connectivity index (χ3v) is 16.6. The van der Waals surface area contributed by atoms with Crippen LogP contribution in [-0.4, -0.2) is 91.7 Å². The Kier molecular flexibility index (Phi) is 14.7. The van der Waals surface area contributed by atoms with Crippen LogP contribution in [-0.2, 0) is 28.6 Å². The molecule has 412 valence electrons. The SMILES string of the molecule is [C-]#[N+]C1=C(N2CCCC2)CC(C)(C)C/C1=C(/C)C(=O)OCC(COC(=O)/C(=C1\CC(C)(C)CC(N2CCCC2)=C1C#N)S(F)(F)(F)(F)F)COC(=O)/C(=C1\CC(C)(C)CC(N2CCCC2)=C1C#N)S(F)(F)(F)(F)F. The molecule has 6 rings (SSSR count). The normalized spacial score (nSPS) is 25.6. The van der Waals surface area contributed by atoms with Crippen LogP contribution in [0.4, 0.5) is 38.9 Å². The maximum absolute atomic E-state index is 15.3. The number of allylic oxidation sites excluding steroid dienone is 8. The van der Waals surface area contributed by atoms with Crippen molar-refractivity contribution >= 4 is 38.4 Å². The average Bonchev–Trinajstić information content (AvgIpc) is 4.08. The molecule has 0 atom stereocenters. The van der Waals surface area contributed by atoms with Crippen LogP contribution in [0.1, 0.15) is 126 Å². The van der Waals surface area contributed by atoms with E-state index in [4.69, 9.17) is 20.8 Å². The lowest BCUT2D eigenvalue weighted by Gasteiger charge is -2.44. The highest BCUT2D eigenvalue weighted by Crippen LogP contribution is 3.03. The maximum atomic E-state index is 15.3. The van der Waals surface area contributed by atoms with E-state index in [0.717, 1.165) is 12.8 Å². The summed E-state index contributed by atoms with van der Waals surface area (Å²) in [4.78, 5) is 44.3. The smallest absolute Gasteiger partial charge is 0.354 e. The lowest BCUT2D eigenvalue weighted by molar-refractivity contribution is -0.148. The van der Waals surface area contributed by atoms with Crippen molar-refractivity contribution in [1.29, 1.82) is 10.5 Å². The molecule has 0 spiro atoms. The highest BCUT2D eigenvalue weighted by Gasteiger charge is 2.73. The van der Waals surface area contributed by atoms with Gasteiger partial charge in [0.2, 0.25) is 5.70 Å². The Balaban J connectivity index is 1.42. The van der Waals surface area contributed by atoms with Crippen molar-refractivity contribution in [3.05, 3.63) is 77.5 Å². The molecule has 0 bridgehead atoms. The fraction of sp³-hybridized carbons (Fsp3) is 0.640. The number of carbonyl (C=O) groups excluding carboxylic acids is 3. The van der Waals surface area contributed by atoms with Crippen molar-refractivity contribution in [3.8, 4) is 12.1 Å². The third kappa shape index (κ3) is 13.4. The predicted molar refractivity (Wildman–Crippen MR) is 260 cm³/mol. The molecule has 6 aliphatic rings. The number of esters is 3. The summed E-state index contributed by atoms with van der Waals surface area (Å²) in [6.45, 7) is 17.1. The zero-order valence-corrected chi connectivity index (χ0v) is 44.3. The first-order chi connectivity index (χ1) is 33.7. The Bertz CT molecular complexity index is 2570. The zero-order valence-electron chi connectivity index (χ0n) is 42.7. The number of carbonyl (C=O) groups is 3. The Morgan fingerprint density at radius 2 is 0.838 bits per heavy atom. The minimum atomic E-state index is -11.2. The molecule has 0 aromatic heterocycles. The Hall–Kier alpha value is -5.28. The second-order valence-electron chi connectivity index (χ2n) is 22.7. The fourth-order valence-electron chi connectivity index (χ4n) is 11.0. The van der Waals surface area contributed by atoms with E-state index in [-0.39, 0.29) is 73.7 Å². The van der Waals surface area contributed by atoms with Gasteiger partial charge in [0.25, 0.3) is 0 Å². The third-order valence-electron chi connectivity index (χ3n) is 14.2. The van der Waals surface area contributed by atoms with Crippen molar-refractivity contribution in [2.24, 2.45) is 22.2 Å². The zero-order chi connectivity index (χ0) is 55.4. The highest BCUT2D eigenvalue weighted by atomic mass is 32.5. The molecule has 74 heavy (non-hydrogen) atoms. The molecule has 3 heterocycles. The largest absolute Gasteiger partial charge is 0.462 e. The van der Waals surface area contributed by atoms with Crippen LogP contribution < -0.4 is 0 Å². The first-order valence-electron chi connectivity index (χ1n) is 24.5. The second-order valence-corrected chi connectivity index (χ2v) is 27.4. The molecule has 0 amide bonds. The molecule has 0 aromatic carbocycles. The van der Waals surface area contributed by atoms with Gasteiger partial charge in [0.15, 0.2) is 9.81 Å². The number of ether oxygens (including phenoxy) is 3. The molecule has 3 fully saturated rings. The molecular formula is C50H64F10N6O6S2. The summed E-state index contributed by atoms with van der Waals surface area (Å²) in [6.07, 6.45) is 2.96. The number of likely N-dealkylation sites (tertiary alicyclic amines) is 3. The van der Waals surface area contributed by atoms with E-state index in [1.54, 1.807) is 21.9 Å². The van der Waals surface area contributed by atoms with E-state index in [0.29, 0.717) is 50.9 Å². The van der Waals surface area contributed by atoms with Gasteiger partial charge in [-0.25, -0.2) is 19.2 Å². The average molecular weight is 1100 g/mol. The molecule has 0 aromatic rings. The molecule has 24 heteroatoms. The van der Waals surface area contributed by atoms with Gasteiger partial charge in [-0.2, -0.15) is 10.5 Å². The predicted octanol–water partition coefficient (Wildman–Crippen LogP) is 14.1. The van der Waals surface area contributed by atoms with Crippen molar-refractivity contribution in [2.75, 3.05) is 59.1 Å². The van der Waals surface area contributed by atoms with Crippen molar-refractivity contribution in [3.63, 3.8) is 0 Å². The van der Waals surface area contributed by atoms with Gasteiger partial charge < -0.3 is 28.9 Å². The first kappa shape index (κ1) is 58.0. The van der Waals surface area contributed by atoms with Crippen LogP contribution >= 0.6 is 20.4 Å². The minimum Gasteiger partial charge on any atom is -0.462 e. The van der Waals surface area contributed by atoms with Crippen molar-refractivity contribution in [2.45, 2.75) is 126 Å². The Morgan fingerprint density at radius 3 is 1.15 bits per heavy atom. The molecule has 0 saturated carbocycles. The van der Waals surface area contributed by atoms with Crippen LogP contribution in [0.25, 0.3) is 4.85 Å². The topological polar surface area (TPSA) is 141 Å². The van der Waals surface area contributed by atoms with E-state index in [9.17, 15) is 24.9 Å². The molecule has 12 nitrogen and oxygen atoms in total. The van der Waals surface area contributed by atoms with Crippen LogP contribution in [0.2, 0.25) is 0 Å². The van der Waals surface area contributed by atoms with Gasteiger partial charge in [0, 0.05) is 73.1 Å². The first-order valence-corrected chi connectivity index (χ1v) is 28.4. The Morgan fingerprint density at radius 1 is 0.541 bits per heavy atom. The highest BCUT2D eigenvalue weighted by molar-refractivity contribution is 8.49. The van der Waals surface area contributed by atoms with Gasteiger partial charge in [-0.3, -0.25) is 0 Å². The van der Waals surface area contributed by atoms with Crippen LogP contribution in [0.5, 0.6) is 0 Å². The summed E-state index contributed by atoms with van der Waals surface area (Å²) in [5.74, 6) is -8.64. The van der Waals surface area contributed by atoms with Crippen molar-refractivity contribution in [1.82, 2.24) is 14.7 Å². The number of nitriles is 2. The monoisotopic (exact) mass is 1100 g/mol. The number of nitrogens with zero attached hydrogens (tertiary/aromatic N) is 6. The molecule has 3 aliphatic carbocycles. The second kappa shape index (κ2) is 18.8. The van der Waals surface area contributed by atoms with Crippen LogP contribution in [0.3, 0.4) is 0 Å². The van der Waals surface area contributed by atoms with Gasteiger partial charge in [0.1, 0.15) is 32.0 Å². The summed E-state index contributed by atoms with van der Waals surface area (Å²) in [6, 6.07) is 3.16. The summed E-state index contributed by atoms with van der Waals surface area (Å²) >= 11 is 0. The van der Waals surface area contributed by atoms with Gasteiger partial charge in [-0.15, -0.1) is 0 Å². The van der Waals surface area contributed by atoms with Gasteiger partial charge in [-0.05, 0) is 106 Å². The summed E-state index contributed by atoms with van der Waals surface area (Å²) in [5, 5.41) is 20.4. The lowest BCUT2D eigenvalue weighted by Crippen LogP contribution is -2.34. The van der Waals surface area contributed by atoms with Crippen LogP contribution in [0, 0.1) is 51.4 Å².